The quantitative estimate of drug-likeness (QED) is 0.684. The van der Waals surface area contributed by atoms with Crippen molar-refractivity contribution in [3.05, 3.63) is 29.5 Å². The molecule has 0 bridgehead atoms. The summed E-state index contributed by atoms with van der Waals surface area (Å²) in [6.07, 6.45) is 4.52. The molecular weight excluding hydrogens is 412 g/mol. The monoisotopic (exact) mass is 437 g/mol. The molecule has 0 atom stereocenters. The number of aliphatic hydroxyl groups is 1. The molecule has 1 saturated carbocycles. The number of hydrogen-bond acceptors (Lipinski definition) is 6. The second-order valence-electron chi connectivity index (χ2n) is 8.59. The number of rotatable bonds is 4. The van der Waals surface area contributed by atoms with E-state index in [1.54, 1.807) is 12.3 Å². The van der Waals surface area contributed by atoms with Gasteiger partial charge in [-0.1, -0.05) is 11.6 Å². The molecule has 0 aromatic carbocycles. The van der Waals surface area contributed by atoms with Gasteiger partial charge in [-0.15, -0.1) is 10.2 Å². The van der Waals surface area contributed by atoms with E-state index < -0.39 is 11.5 Å². The zero-order chi connectivity index (χ0) is 21.4. The molecule has 0 unspecified atom stereocenters. The number of alkyl halides is 2. The average molecular weight is 438 g/mol. The molecule has 0 radical (unpaired) electrons. The molecule has 2 fully saturated rings. The van der Waals surface area contributed by atoms with Crippen molar-refractivity contribution in [1.82, 2.24) is 15.2 Å². The zero-order valence-electron chi connectivity index (χ0n) is 16.9. The highest BCUT2D eigenvalue weighted by Crippen LogP contribution is 2.34. The molecule has 1 aliphatic carbocycles. The van der Waals surface area contributed by atoms with Crippen molar-refractivity contribution in [3.8, 4) is 11.3 Å². The fourth-order valence-electron chi connectivity index (χ4n) is 4.06. The largest absolute Gasteiger partial charge is 0.390 e. The Kier molecular flexibility index (Phi) is 5.81. The lowest BCUT2D eigenvalue weighted by Gasteiger charge is -2.34. The molecular formula is C21H26ClF2N5O. The van der Waals surface area contributed by atoms with Crippen molar-refractivity contribution in [1.29, 1.82) is 0 Å². The van der Waals surface area contributed by atoms with E-state index >= 15 is 0 Å². The van der Waals surface area contributed by atoms with E-state index in [-0.39, 0.29) is 32.0 Å². The van der Waals surface area contributed by atoms with Crippen LogP contribution in [0.4, 0.5) is 20.3 Å². The Hall–Kier alpha value is -2.06. The third kappa shape index (κ3) is 4.98. The lowest BCUT2D eigenvalue weighted by Crippen LogP contribution is -2.39. The highest BCUT2D eigenvalue weighted by atomic mass is 35.5. The van der Waals surface area contributed by atoms with E-state index in [4.69, 9.17) is 11.6 Å². The maximum Gasteiger partial charge on any atom is 0.251 e. The Labute approximate surface area is 179 Å². The van der Waals surface area contributed by atoms with Crippen molar-refractivity contribution in [2.45, 2.75) is 63.0 Å². The van der Waals surface area contributed by atoms with Crippen LogP contribution in [0.15, 0.2) is 24.4 Å². The molecule has 9 heteroatoms. The predicted octanol–water partition coefficient (Wildman–Crippen LogP) is 4.53. The summed E-state index contributed by atoms with van der Waals surface area (Å²) in [4.78, 5) is 6.02. The van der Waals surface area contributed by atoms with Gasteiger partial charge < -0.3 is 15.3 Å². The summed E-state index contributed by atoms with van der Waals surface area (Å²) in [6.45, 7) is 2.40. The minimum atomic E-state index is -2.59. The maximum absolute atomic E-state index is 13.4. The molecule has 1 aliphatic heterocycles. The van der Waals surface area contributed by atoms with Gasteiger partial charge in [0.2, 0.25) is 0 Å². The normalized spacial score (nSPS) is 26.4. The van der Waals surface area contributed by atoms with Crippen LogP contribution in [0.25, 0.3) is 11.3 Å². The summed E-state index contributed by atoms with van der Waals surface area (Å²) >= 11 is 6.12. The highest BCUT2D eigenvalue weighted by Gasteiger charge is 2.34. The van der Waals surface area contributed by atoms with Crippen LogP contribution >= 0.6 is 11.6 Å². The van der Waals surface area contributed by atoms with Gasteiger partial charge >= 0.3 is 0 Å². The number of halogens is 3. The fourth-order valence-corrected chi connectivity index (χ4v) is 4.22. The molecule has 6 nitrogen and oxygen atoms in total. The van der Waals surface area contributed by atoms with Crippen molar-refractivity contribution in [2.24, 2.45) is 0 Å². The number of hydrogen-bond donors (Lipinski definition) is 2. The molecule has 4 rings (SSSR count). The van der Waals surface area contributed by atoms with Crippen molar-refractivity contribution in [3.63, 3.8) is 0 Å². The van der Waals surface area contributed by atoms with Gasteiger partial charge in [-0.25, -0.2) is 13.8 Å². The van der Waals surface area contributed by atoms with Crippen LogP contribution in [0, 0.1) is 0 Å². The van der Waals surface area contributed by atoms with E-state index in [1.807, 2.05) is 24.0 Å². The standard InChI is InChI=1S/C21H26ClF2N5O/c1-20(30)6-4-14(5-7-20)26-17-12-18(22)25-13-15(17)16-2-3-19(28-27-16)29-10-8-21(23,24)9-11-29/h2-3,12-14,30H,4-11H2,1H3,(H,25,26). The highest BCUT2D eigenvalue weighted by molar-refractivity contribution is 6.29. The summed E-state index contributed by atoms with van der Waals surface area (Å²) < 4.78 is 26.8. The minimum Gasteiger partial charge on any atom is -0.390 e. The first kappa shape index (κ1) is 21.2. The topological polar surface area (TPSA) is 74.2 Å². The lowest BCUT2D eigenvalue weighted by atomic mass is 9.83. The Morgan fingerprint density at radius 3 is 2.47 bits per heavy atom. The SMILES string of the molecule is CC1(O)CCC(Nc2cc(Cl)ncc2-c2ccc(N3CCC(F)(F)CC3)nn2)CC1. The van der Waals surface area contributed by atoms with Crippen LogP contribution < -0.4 is 10.2 Å². The molecule has 1 saturated heterocycles. The Morgan fingerprint density at radius 1 is 1.13 bits per heavy atom. The van der Waals surface area contributed by atoms with Gasteiger partial charge in [-0.3, -0.25) is 0 Å². The second-order valence-corrected chi connectivity index (χ2v) is 8.98. The molecule has 3 heterocycles. The number of nitrogens with zero attached hydrogens (tertiary/aromatic N) is 4. The third-order valence-corrected chi connectivity index (χ3v) is 6.25. The molecule has 2 aromatic heterocycles. The van der Waals surface area contributed by atoms with Gasteiger partial charge in [0.1, 0.15) is 5.15 Å². The summed E-state index contributed by atoms with van der Waals surface area (Å²) in [5.41, 5.74) is 1.63. The fraction of sp³-hybridized carbons (Fsp3) is 0.571. The molecule has 30 heavy (non-hydrogen) atoms. The molecule has 0 amide bonds. The number of piperidine rings is 1. The molecule has 2 N–H and O–H groups in total. The van der Waals surface area contributed by atoms with Gasteiger partial charge in [0.05, 0.1) is 11.3 Å². The van der Waals surface area contributed by atoms with Crippen molar-refractivity contribution < 1.29 is 13.9 Å². The second kappa shape index (κ2) is 8.23. The molecule has 2 aliphatic rings. The minimum absolute atomic E-state index is 0.167. The van der Waals surface area contributed by atoms with Crippen molar-refractivity contribution >= 4 is 23.1 Å². The van der Waals surface area contributed by atoms with Crippen LogP contribution in [-0.4, -0.2) is 50.9 Å². The predicted molar refractivity (Wildman–Crippen MR) is 113 cm³/mol. The van der Waals surface area contributed by atoms with E-state index in [0.717, 1.165) is 36.9 Å². The number of aromatic nitrogens is 3. The number of anilines is 2. The maximum atomic E-state index is 13.4. The van der Waals surface area contributed by atoms with Crippen LogP contribution in [0.5, 0.6) is 0 Å². The molecule has 0 spiro atoms. The molecule has 162 valence electrons. The van der Waals surface area contributed by atoms with Crippen LogP contribution in [0.3, 0.4) is 0 Å². The smallest absolute Gasteiger partial charge is 0.251 e. The summed E-state index contributed by atoms with van der Waals surface area (Å²) in [5.74, 6) is -1.99. The average Bonchev–Trinajstić information content (AvgIpc) is 2.70. The first-order valence-corrected chi connectivity index (χ1v) is 10.7. The van der Waals surface area contributed by atoms with E-state index in [9.17, 15) is 13.9 Å². The number of nitrogens with one attached hydrogen (secondary N) is 1. The molecule has 2 aromatic rings. The first-order valence-electron chi connectivity index (χ1n) is 10.3. The lowest BCUT2D eigenvalue weighted by molar-refractivity contribution is -0.0221. The Morgan fingerprint density at radius 2 is 1.83 bits per heavy atom. The summed E-state index contributed by atoms with van der Waals surface area (Å²) in [5, 5.41) is 22.7. The van der Waals surface area contributed by atoms with Crippen molar-refractivity contribution in [2.75, 3.05) is 23.3 Å². The Bertz CT molecular complexity index is 873. The van der Waals surface area contributed by atoms with E-state index in [2.05, 4.69) is 20.5 Å². The zero-order valence-corrected chi connectivity index (χ0v) is 17.7. The summed E-state index contributed by atoms with van der Waals surface area (Å²) in [7, 11) is 0. The van der Waals surface area contributed by atoms with Crippen LogP contribution in [-0.2, 0) is 0 Å². The van der Waals surface area contributed by atoms with E-state index in [1.165, 1.54) is 0 Å². The van der Waals surface area contributed by atoms with Crippen LogP contribution in [0.2, 0.25) is 5.15 Å². The van der Waals surface area contributed by atoms with E-state index in [0.29, 0.717) is 16.7 Å². The first-order chi connectivity index (χ1) is 14.2. The third-order valence-electron chi connectivity index (χ3n) is 6.04. The van der Waals surface area contributed by atoms with Gasteiger partial charge in [-0.2, -0.15) is 0 Å². The number of pyridine rings is 1. The Balaban J connectivity index is 1.50. The van der Waals surface area contributed by atoms with Gasteiger partial charge in [0.25, 0.3) is 5.92 Å². The van der Waals surface area contributed by atoms with Crippen LogP contribution in [0.1, 0.15) is 45.4 Å². The summed E-state index contributed by atoms with van der Waals surface area (Å²) in [6, 6.07) is 5.63. The van der Waals surface area contributed by atoms with Gasteiger partial charge in [0.15, 0.2) is 5.82 Å². The van der Waals surface area contributed by atoms with Gasteiger partial charge in [-0.05, 0) is 50.8 Å². The van der Waals surface area contributed by atoms with Gasteiger partial charge in [0, 0.05) is 49.4 Å².